The molecule has 3 rings (SSSR count). The van der Waals surface area contributed by atoms with Crippen molar-refractivity contribution in [1.82, 2.24) is 20.4 Å². The first-order chi connectivity index (χ1) is 14.1. The molecule has 2 heterocycles. The number of piperidine rings is 1. The molecule has 0 radical (unpaired) electrons. The molecule has 7 heteroatoms. The molecule has 0 bridgehead atoms. The van der Waals surface area contributed by atoms with Crippen LogP contribution in [0.4, 0.5) is 0 Å². The SMILES string of the molecule is CN=C(NCCCC(=O)N1Cc2ccccc2C1)N1CCC(CC(=O)NC)CC1. The molecule has 0 aliphatic carbocycles. The average Bonchev–Trinajstić information content (AvgIpc) is 3.19. The molecular weight excluding hydrogens is 366 g/mol. The molecule has 1 aromatic rings. The standard InChI is InChI=1S/C22H33N5O2/c1-23-20(28)14-17-9-12-26(13-10-17)22(24-2)25-11-5-8-21(29)27-15-18-6-3-4-7-19(18)16-27/h3-4,6-7,17H,5,8-16H2,1-2H3,(H,23,28)(H,24,25). The van der Waals surface area contributed by atoms with Gasteiger partial charge in [0.15, 0.2) is 5.96 Å². The molecule has 29 heavy (non-hydrogen) atoms. The molecule has 158 valence electrons. The van der Waals surface area contributed by atoms with E-state index in [4.69, 9.17) is 0 Å². The summed E-state index contributed by atoms with van der Waals surface area (Å²) in [5.41, 5.74) is 2.53. The van der Waals surface area contributed by atoms with Gasteiger partial charge in [0.05, 0.1) is 0 Å². The molecule has 1 fully saturated rings. The fourth-order valence-electron chi connectivity index (χ4n) is 4.15. The predicted octanol–water partition coefficient (Wildman–Crippen LogP) is 1.73. The van der Waals surface area contributed by atoms with Gasteiger partial charge >= 0.3 is 0 Å². The zero-order valence-electron chi connectivity index (χ0n) is 17.6. The van der Waals surface area contributed by atoms with Crippen LogP contribution < -0.4 is 10.6 Å². The van der Waals surface area contributed by atoms with Crippen LogP contribution in [-0.4, -0.2) is 61.3 Å². The number of aliphatic imine (C=N–C) groups is 1. The van der Waals surface area contributed by atoms with Crippen LogP contribution in [0.25, 0.3) is 0 Å². The quantitative estimate of drug-likeness (QED) is 0.434. The van der Waals surface area contributed by atoms with Crippen molar-refractivity contribution in [3.8, 4) is 0 Å². The van der Waals surface area contributed by atoms with Crippen LogP contribution >= 0.6 is 0 Å². The molecule has 0 spiro atoms. The van der Waals surface area contributed by atoms with Crippen molar-refractivity contribution in [2.45, 2.75) is 45.2 Å². The van der Waals surface area contributed by atoms with Gasteiger partial charge < -0.3 is 20.4 Å². The van der Waals surface area contributed by atoms with Gasteiger partial charge in [0, 0.05) is 59.7 Å². The van der Waals surface area contributed by atoms with Crippen molar-refractivity contribution in [2.24, 2.45) is 10.9 Å². The second kappa shape index (κ2) is 10.3. The van der Waals surface area contributed by atoms with Crippen LogP contribution in [-0.2, 0) is 22.7 Å². The van der Waals surface area contributed by atoms with E-state index in [2.05, 4.69) is 32.7 Å². The average molecular weight is 400 g/mol. The predicted molar refractivity (Wildman–Crippen MR) is 114 cm³/mol. The Hall–Kier alpha value is -2.57. The summed E-state index contributed by atoms with van der Waals surface area (Å²) >= 11 is 0. The molecule has 2 aliphatic heterocycles. The molecule has 0 saturated carbocycles. The lowest BCUT2D eigenvalue weighted by Gasteiger charge is -2.34. The Kier molecular flexibility index (Phi) is 7.49. The highest BCUT2D eigenvalue weighted by Crippen LogP contribution is 2.23. The summed E-state index contributed by atoms with van der Waals surface area (Å²) < 4.78 is 0. The molecule has 1 aromatic carbocycles. The maximum atomic E-state index is 12.5. The van der Waals surface area contributed by atoms with Crippen LogP contribution in [0.5, 0.6) is 0 Å². The van der Waals surface area contributed by atoms with Gasteiger partial charge in [-0.1, -0.05) is 24.3 Å². The van der Waals surface area contributed by atoms with Gasteiger partial charge in [-0.25, -0.2) is 0 Å². The Morgan fingerprint density at radius 1 is 1.10 bits per heavy atom. The van der Waals surface area contributed by atoms with Gasteiger partial charge in [0.25, 0.3) is 0 Å². The molecule has 7 nitrogen and oxygen atoms in total. The molecule has 2 amide bonds. The highest BCUT2D eigenvalue weighted by Gasteiger charge is 2.24. The summed E-state index contributed by atoms with van der Waals surface area (Å²) in [6.45, 7) is 4.01. The summed E-state index contributed by atoms with van der Waals surface area (Å²) in [5.74, 6) is 1.68. The number of benzene rings is 1. The minimum Gasteiger partial charge on any atom is -0.359 e. The second-order valence-electron chi connectivity index (χ2n) is 7.90. The van der Waals surface area contributed by atoms with Crippen molar-refractivity contribution in [3.05, 3.63) is 35.4 Å². The van der Waals surface area contributed by atoms with Crippen molar-refractivity contribution in [3.63, 3.8) is 0 Å². The number of fused-ring (bicyclic) bond motifs is 1. The number of nitrogens with one attached hydrogen (secondary N) is 2. The number of likely N-dealkylation sites (tertiary alicyclic amines) is 1. The van der Waals surface area contributed by atoms with Gasteiger partial charge in [-0.05, 0) is 36.3 Å². The molecule has 1 saturated heterocycles. The highest BCUT2D eigenvalue weighted by atomic mass is 16.2. The smallest absolute Gasteiger partial charge is 0.223 e. The summed E-state index contributed by atoms with van der Waals surface area (Å²) in [6.07, 6.45) is 3.95. The van der Waals surface area contributed by atoms with Gasteiger partial charge in [-0.3, -0.25) is 14.6 Å². The summed E-state index contributed by atoms with van der Waals surface area (Å²) in [6, 6.07) is 8.27. The zero-order valence-corrected chi connectivity index (χ0v) is 17.6. The van der Waals surface area contributed by atoms with Gasteiger partial charge in [0.2, 0.25) is 11.8 Å². The lowest BCUT2D eigenvalue weighted by Crippen LogP contribution is -2.46. The lowest BCUT2D eigenvalue weighted by molar-refractivity contribution is -0.131. The molecular formula is C22H33N5O2. The number of nitrogens with zero attached hydrogens (tertiary/aromatic N) is 3. The molecule has 0 atom stereocenters. The summed E-state index contributed by atoms with van der Waals surface area (Å²) in [4.78, 5) is 32.6. The number of hydrogen-bond acceptors (Lipinski definition) is 3. The van der Waals surface area contributed by atoms with Crippen molar-refractivity contribution in [2.75, 3.05) is 33.7 Å². The van der Waals surface area contributed by atoms with E-state index in [1.54, 1.807) is 14.1 Å². The van der Waals surface area contributed by atoms with Gasteiger partial charge in [-0.2, -0.15) is 0 Å². The monoisotopic (exact) mass is 399 g/mol. The van der Waals surface area contributed by atoms with E-state index >= 15 is 0 Å². The van der Waals surface area contributed by atoms with Crippen LogP contribution in [0.15, 0.2) is 29.3 Å². The fourth-order valence-corrected chi connectivity index (χ4v) is 4.15. The number of carbonyl (C=O) groups excluding carboxylic acids is 2. The van der Waals surface area contributed by atoms with E-state index in [0.29, 0.717) is 18.8 Å². The third kappa shape index (κ3) is 5.71. The Labute approximate surface area is 173 Å². The van der Waals surface area contributed by atoms with Crippen LogP contribution in [0.1, 0.15) is 43.2 Å². The third-order valence-electron chi connectivity index (χ3n) is 5.92. The Balaban J connectivity index is 1.34. The minimum absolute atomic E-state index is 0.122. The number of carbonyl (C=O) groups is 2. The van der Waals surface area contributed by atoms with E-state index < -0.39 is 0 Å². The van der Waals surface area contributed by atoms with E-state index in [9.17, 15) is 9.59 Å². The van der Waals surface area contributed by atoms with Crippen LogP contribution in [0.2, 0.25) is 0 Å². The van der Waals surface area contributed by atoms with E-state index in [1.165, 1.54) is 11.1 Å². The first kappa shape index (κ1) is 21.1. The minimum atomic E-state index is 0.122. The number of hydrogen-bond donors (Lipinski definition) is 2. The lowest BCUT2D eigenvalue weighted by atomic mass is 9.93. The summed E-state index contributed by atoms with van der Waals surface area (Å²) in [7, 11) is 3.49. The van der Waals surface area contributed by atoms with Gasteiger partial charge in [0.1, 0.15) is 0 Å². The maximum Gasteiger partial charge on any atom is 0.223 e. The Bertz CT molecular complexity index is 715. The number of guanidine groups is 1. The zero-order chi connectivity index (χ0) is 20.6. The number of rotatable bonds is 6. The normalized spacial score (nSPS) is 17.2. The highest BCUT2D eigenvalue weighted by molar-refractivity contribution is 5.80. The number of amides is 2. The largest absolute Gasteiger partial charge is 0.359 e. The van der Waals surface area contributed by atoms with Crippen molar-refractivity contribution >= 4 is 17.8 Å². The van der Waals surface area contributed by atoms with Crippen molar-refractivity contribution in [1.29, 1.82) is 0 Å². The van der Waals surface area contributed by atoms with E-state index in [-0.39, 0.29) is 11.8 Å². The first-order valence-electron chi connectivity index (χ1n) is 10.6. The Morgan fingerprint density at radius 2 is 1.76 bits per heavy atom. The summed E-state index contributed by atoms with van der Waals surface area (Å²) in [5, 5.41) is 6.10. The van der Waals surface area contributed by atoms with Crippen LogP contribution in [0, 0.1) is 5.92 Å². The third-order valence-corrected chi connectivity index (χ3v) is 5.92. The van der Waals surface area contributed by atoms with E-state index in [1.807, 2.05) is 17.0 Å². The topological polar surface area (TPSA) is 77.0 Å². The van der Waals surface area contributed by atoms with Crippen molar-refractivity contribution < 1.29 is 9.59 Å². The fraction of sp³-hybridized carbons (Fsp3) is 0.591. The Morgan fingerprint density at radius 3 is 2.34 bits per heavy atom. The molecule has 2 N–H and O–H groups in total. The molecule has 2 aliphatic rings. The molecule has 0 aromatic heterocycles. The first-order valence-corrected chi connectivity index (χ1v) is 10.6. The molecule has 0 unspecified atom stereocenters. The van der Waals surface area contributed by atoms with E-state index in [0.717, 1.165) is 57.9 Å². The maximum absolute atomic E-state index is 12.5. The van der Waals surface area contributed by atoms with Gasteiger partial charge in [-0.15, -0.1) is 0 Å². The second-order valence-corrected chi connectivity index (χ2v) is 7.90. The van der Waals surface area contributed by atoms with Crippen LogP contribution in [0.3, 0.4) is 0 Å².